The van der Waals surface area contributed by atoms with Crippen molar-refractivity contribution in [1.29, 1.82) is 0 Å². The first-order chi connectivity index (χ1) is 8.84. The molecule has 0 unspecified atom stereocenters. The van der Waals surface area contributed by atoms with E-state index in [4.69, 9.17) is 0 Å². The van der Waals surface area contributed by atoms with E-state index in [-0.39, 0.29) is 6.04 Å². The molecule has 18 heavy (non-hydrogen) atoms. The Balaban J connectivity index is 1.82. The van der Waals surface area contributed by atoms with Crippen LogP contribution in [0.15, 0.2) is 72.9 Å². The summed E-state index contributed by atoms with van der Waals surface area (Å²) in [5, 5.41) is 6.64. The maximum Gasteiger partial charge on any atom is 0.0433 e. The summed E-state index contributed by atoms with van der Waals surface area (Å²) in [4.78, 5) is 0. The highest BCUT2D eigenvalue weighted by atomic mass is 14.9. The predicted molar refractivity (Wildman–Crippen MR) is 78.7 cm³/mol. The lowest BCUT2D eigenvalue weighted by Crippen LogP contribution is -2.12. The number of nitrogens with one attached hydrogen (secondary N) is 2. The fourth-order valence-electron chi connectivity index (χ4n) is 1.67. The van der Waals surface area contributed by atoms with Gasteiger partial charge in [-0.05, 0) is 43.5 Å². The Kier molecular flexibility index (Phi) is 4.42. The van der Waals surface area contributed by atoms with Crippen molar-refractivity contribution in [3.63, 3.8) is 0 Å². The summed E-state index contributed by atoms with van der Waals surface area (Å²) < 4.78 is 0. The zero-order valence-electron chi connectivity index (χ0n) is 10.5. The van der Waals surface area contributed by atoms with E-state index in [1.54, 1.807) is 0 Å². The van der Waals surface area contributed by atoms with Gasteiger partial charge in [-0.1, -0.05) is 36.4 Å². The fraction of sp³-hybridized carbons (Fsp3) is 0.125. The van der Waals surface area contributed by atoms with Crippen LogP contribution in [-0.2, 0) is 0 Å². The van der Waals surface area contributed by atoms with Crippen molar-refractivity contribution >= 4 is 11.4 Å². The summed E-state index contributed by atoms with van der Waals surface area (Å²) in [6.45, 7) is 2.12. The molecule has 2 aromatic carbocycles. The summed E-state index contributed by atoms with van der Waals surface area (Å²) in [7, 11) is 0. The molecule has 0 saturated carbocycles. The van der Waals surface area contributed by atoms with Crippen LogP contribution in [0.25, 0.3) is 0 Å². The molecule has 0 aliphatic heterocycles. The van der Waals surface area contributed by atoms with Crippen LogP contribution in [0.5, 0.6) is 0 Å². The van der Waals surface area contributed by atoms with Crippen LogP contribution >= 0.6 is 0 Å². The zero-order valence-corrected chi connectivity index (χ0v) is 10.5. The average Bonchev–Trinajstić information content (AvgIpc) is 2.41. The largest absolute Gasteiger partial charge is 0.379 e. The normalized spacial score (nSPS) is 12.3. The first kappa shape index (κ1) is 12.2. The highest BCUT2D eigenvalue weighted by molar-refractivity contribution is 5.46. The van der Waals surface area contributed by atoms with E-state index in [1.165, 1.54) is 0 Å². The molecule has 0 fully saturated rings. The van der Waals surface area contributed by atoms with Crippen molar-refractivity contribution < 1.29 is 0 Å². The van der Waals surface area contributed by atoms with E-state index in [0.29, 0.717) is 0 Å². The number of hydrogen-bond acceptors (Lipinski definition) is 2. The number of para-hydroxylation sites is 2. The molecule has 0 aromatic heterocycles. The van der Waals surface area contributed by atoms with Crippen LogP contribution < -0.4 is 10.6 Å². The second kappa shape index (κ2) is 6.50. The van der Waals surface area contributed by atoms with Gasteiger partial charge in [-0.25, -0.2) is 0 Å². The highest BCUT2D eigenvalue weighted by Crippen LogP contribution is 2.08. The number of anilines is 2. The molecule has 0 spiro atoms. The molecule has 2 nitrogen and oxygen atoms in total. The van der Waals surface area contributed by atoms with Crippen LogP contribution in [-0.4, -0.2) is 6.04 Å². The van der Waals surface area contributed by atoms with Gasteiger partial charge in [0.15, 0.2) is 0 Å². The fourth-order valence-corrected chi connectivity index (χ4v) is 1.67. The molecule has 2 aromatic rings. The second-order valence-corrected chi connectivity index (χ2v) is 4.17. The highest BCUT2D eigenvalue weighted by Gasteiger charge is 1.95. The van der Waals surface area contributed by atoms with Crippen molar-refractivity contribution in [3.05, 3.63) is 72.9 Å². The van der Waals surface area contributed by atoms with Crippen molar-refractivity contribution in [2.24, 2.45) is 0 Å². The van der Waals surface area contributed by atoms with E-state index in [2.05, 4.69) is 35.8 Å². The van der Waals surface area contributed by atoms with Crippen LogP contribution in [0, 0.1) is 0 Å². The standard InChI is InChI=1S/C16H18N2/c1-14(18-16-10-6-3-7-11-16)12-13-17-15-8-4-2-5-9-15/h2-14,17-18H,1H3/b13-12-/t14-/m1/s1. The molecule has 0 heterocycles. The Bertz CT molecular complexity index is 477. The minimum absolute atomic E-state index is 0.281. The monoisotopic (exact) mass is 238 g/mol. The Morgan fingerprint density at radius 2 is 1.39 bits per heavy atom. The van der Waals surface area contributed by atoms with Gasteiger partial charge in [-0.15, -0.1) is 0 Å². The molecule has 0 bridgehead atoms. The molecule has 0 aliphatic rings. The van der Waals surface area contributed by atoms with E-state index in [1.807, 2.05) is 54.7 Å². The van der Waals surface area contributed by atoms with Gasteiger partial charge in [0.25, 0.3) is 0 Å². The van der Waals surface area contributed by atoms with Crippen LogP contribution in [0.1, 0.15) is 6.92 Å². The quantitative estimate of drug-likeness (QED) is 0.819. The lowest BCUT2D eigenvalue weighted by atomic mass is 10.2. The minimum Gasteiger partial charge on any atom is -0.379 e. The maximum atomic E-state index is 3.40. The molecule has 92 valence electrons. The molecule has 0 radical (unpaired) electrons. The van der Waals surface area contributed by atoms with E-state index in [0.717, 1.165) is 11.4 Å². The van der Waals surface area contributed by atoms with Gasteiger partial charge in [-0.2, -0.15) is 0 Å². The van der Waals surface area contributed by atoms with Gasteiger partial charge >= 0.3 is 0 Å². The Hall–Kier alpha value is -2.22. The molecular formula is C16H18N2. The smallest absolute Gasteiger partial charge is 0.0433 e. The number of benzene rings is 2. The second-order valence-electron chi connectivity index (χ2n) is 4.17. The third-order valence-electron chi connectivity index (χ3n) is 2.58. The molecule has 2 heteroatoms. The van der Waals surface area contributed by atoms with Gasteiger partial charge in [-0.3, -0.25) is 0 Å². The lowest BCUT2D eigenvalue weighted by molar-refractivity contribution is 0.996. The third kappa shape index (κ3) is 3.98. The lowest BCUT2D eigenvalue weighted by Gasteiger charge is -2.11. The number of rotatable bonds is 5. The average molecular weight is 238 g/mol. The minimum atomic E-state index is 0.281. The van der Waals surface area contributed by atoms with Gasteiger partial charge in [0, 0.05) is 17.4 Å². The molecule has 2 N–H and O–H groups in total. The van der Waals surface area contributed by atoms with E-state index >= 15 is 0 Å². The molecular weight excluding hydrogens is 220 g/mol. The third-order valence-corrected chi connectivity index (χ3v) is 2.58. The van der Waals surface area contributed by atoms with Crippen molar-refractivity contribution in [2.75, 3.05) is 10.6 Å². The Labute approximate surface area is 108 Å². The van der Waals surface area contributed by atoms with Gasteiger partial charge in [0.05, 0.1) is 0 Å². The Morgan fingerprint density at radius 1 is 0.833 bits per heavy atom. The first-order valence-electron chi connectivity index (χ1n) is 6.14. The van der Waals surface area contributed by atoms with Crippen molar-refractivity contribution in [2.45, 2.75) is 13.0 Å². The van der Waals surface area contributed by atoms with Crippen LogP contribution in [0.3, 0.4) is 0 Å². The molecule has 0 amide bonds. The maximum absolute atomic E-state index is 3.40. The van der Waals surface area contributed by atoms with Crippen molar-refractivity contribution in [3.8, 4) is 0 Å². The van der Waals surface area contributed by atoms with Gasteiger partial charge in [0.2, 0.25) is 0 Å². The van der Waals surface area contributed by atoms with Crippen LogP contribution in [0.2, 0.25) is 0 Å². The van der Waals surface area contributed by atoms with Gasteiger partial charge in [0.1, 0.15) is 0 Å². The molecule has 1 atom stereocenters. The predicted octanol–water partition coefficient (Wildman–Crippen LogP) is 4.11. The molecule has 0 aliphatic carbocycles. The topological polar surface area (TPSA) is 24.1 Å². The summed E-state index contributed by atoms with van der Waals surface area (Å²) in [5.74, 6) is 0. The van der Waals surface area contributed by atoms with Crippen LogP contribution in [0.4, 0.5) is 11.4 Å². The summed E-state index contributed by atoms with van der Waals surface area (Å²) in [5.41, 5.74) is 2.23. The zero-order chi connectivity index (χ0) is 12.6. The summed E-state index contributed by atoms with van der Waals surface area (Å²) in [6.07, 6.45) is 4.07. The first-order valence-corrected chi connectivity index (χ1v) is 6.14. The van der Waals surface area contributed by atoms with E-state index < -0.39 is 0 Å². The molecule has 0 saturated heterocycles. The molecule has 2 rings (SSSR count). The van der Waals surface area contributed by atoms with Gasteiger partial charge < -0.3 is 10.6 Å². The van der Waals surface area contributed by atoms with Crippen molar-refractivity contribution in [1.82, 2.24) is 0 Å². The Morgan fingerprint density at radius 3 is 2.00 bits per heavy atom. The number of hydrogen-bond donors (Lipinski definition) is 2. The summed E-state index contributed by atoms with van der Waals surface area (Å²) in [6, 6.07) is 20.6. The van der Waals surface area contributed by atoms with E-state index in [9.17, 15) is 0 Å². The summed E-state index contributed by atoms with van der Waals surface area (Å²) >= 11 is 0. The SMILES string of the molecule is C[C@H](/C=C\Nc1ccccc1)Nc1ccccc1.